The van der Waals surface area contributed by atoms with Crippen molar-refractivity contribution in [3.8, 4) is 16.9 Å². The van der Waals surface area contributed by atoms with Crippen molar-refractivity contribution in [2.45, 2.75) is 31.6 Å². The van der Waals surface area contributed by atoms with Crippen LogP contribution in [0.3, 0.4) is 0 Å². The Labute approximate surface area is 179 Å². The summed E-state index contributed by atoms with van der Waals surface area (Å²) >= 11 is 0. The van der Waals surface area contributed by atoms with Crippen LogP contribution in [0.5, 0.6) is 0 Å². The molecule has 0 aliphatic carbocycles. The highest BCUT2D eigenvalue weighted by Crippen LogP contribution is 2.24. The number of nitrogens with zero attached hydrogens (tertiary/aromatic N) is 5. The molecule has 0 fully saturated rings. The molecular formula is C20H23N5O5S. The van der Waals surface area contributed by atoms with Gasteiger partial charge in [0.15, 0.2) is 14.6 Å². The quantitative estimate of drug-likeness (QED) is 0.474. The summed E-state index contributed by atoms with van der Waals surface area (Å²) in [7, 11) is -3.77. The first kappa shape index (κ1) is 22.3. The lowest BCUT2D eigenvalue weighted by Crippen LogP contribution is -2.45. The van der Waals surface area contributed by atoms with Gasteiger partial charge in [-0.25, -0.2) is 13.4 Å². The predicted octanol–water partition coefficient (Wildman–Crippen LogP) is 1.25. The summed E-state index contributed by atoms with van der Waals surface area (Å²) in [5.41, 5.74) is 1.61. The Bertz CT molecular complexity index is 1220. The second-order valence-electron chi connectivity index (χ2n) is 7.14. The molecule has 0 aliphatic rings. The minimum atomic E-state index is -3.77. The first-order valence-corrected chi connectivity index (χ1v) is 11.5. The van der Waals surface area contributed by atoms with Crippen molar-refractivity contribution in [3.63, 3.8) is 0 Å². The van der Waals surface area contributed by atoms with E-state index in [4.69, 9.17) is 4.74 Å². The fourth-order valence-corrected chi connectivity index (χ4v) is 3.75. The van der Waals surface area contributed by atoms with Crippen LogP contribution >= 0.6 is 0 Å². The van der Waals surface area contributed by atoms with Crippen molar-refractivity contribution in [2.75, 3.05) is 12.9 Å². The highest BCUT2D eigenvalue weighted by atomic mass is 32.2. The van der Waals surface area contributed by atoms with Gasteiger partial charge in [-0.2, -0.15) is 15.0 Å². The molecule has 3 rings (SSSR count). The molecule has 0 radical (unpaired) electrons. The third-order valence-electron chi connectivity index (χ3n) is 5.05. The zero-order valence-corrected chi connectivity index (χ0v) is 18.2. The molecule has 0 aliphatic heterocycles. The lowest BCUT2D eigenvalue weighted by atomic mass is 10.1. The number of aromatic nitrogens is 5. The van der Waals surface area contributed by atoms with Crippen LogP contribution in [-0.2, 0) is 25.9 Å². The van der Waals surface area contributed by atoms with Crippen LogP contribution in [-0.4, -0.2) is 56.5 Å². The summed E-state index contributed by atoms with van der Waals surface area (Å²) in [5.74, 6) is -0.832. The van der Waals surface area contributed by atoms with E-state index in [1.165, 1.54) is 28.7 Å². The van der Waals surface area contributed by atoms with Gasteiger partial charge in [-0.05, 0) is 32.4 Å². The van der Waals surface area contributed by atoms with E-state index in [0.717, 1.165) is 17.5 Å². The average molecular weight is 446 g/mol. The highest BCUT2D eigenvalue weighted by Gasteiger charge is 2.44. The van der Waals surface area contributed by atoms with Crippen LogP contribution in [0.4, 0.5) is 0 Å². The molecule has 1 aromatic carbocycles. The first-order valence-electron chi connectivity index (χ1n) is 9.56. The molecule has 3 aromatic rings. The Kier molecular flexibility index (Phi) is 6.34. The standard InChI is InChI=1S/C20H23N5O5S/c1-4-30-19(27)20(2,31(3,28)29)9-12-24-14-21-17(13-18(24)26)15-5-7-16(8-6-15)25-22-10-11-23-25/h5-8,10-11,13-14H,4,9,12H2,1-3H3. The Hall–Kier alpha value is -3.34. The summed E-state index contributed by atoms with van der Waals surface area (Å²) in [6.07, 6.45) is 5.36. The zero-order chi connectivity index (χ0) is 22.6. The molecule has 10 nitrogen and oxygen atoms in total. The van der Waals surface area contributed by atoms with Crippen molar-refractivity contribution in [1.82, 2.24) is 24.5 Å². The molecule has 0 saturated heterocycles. The maximum Gasteiger partial charge on any atom is 0.327 e. The molecular weight excluding hydrogens is 422 g/mol. The van der Waals surface area contributed by atoms with Gasteiger partial charge in [0.1, 0.15) is 0 Å². The lowest BCUT2D eigenvalue weighted by molar-refractivity contribution is -0.146. The Balaban J connectivity index is 1.79. The van der Waals surface area contributed by atoms with Gasteiger partial charge in [-0.1, -0.05) is 12.1 Å². The molecule has 31 heavy (non-hydrogen) atoms. The van der Waals surface area contributed by atoms with Gasteiger partial charge in [-0.15, -0.1) is 0 Å². The van der Waals surface area contributed by atoms with E-state index < -0.39 is 20.6 Å². The first-order chi connectivity index (χ1) is 14.7. The third kappa shape index (κ3) is 4.71. The summed E-state index contributed by atoms with van der Waals surface area (Å²) in [6.45, 7) is 2.98. The molecule has 2 heterocycles. The number of rotatable bonds is 8. The number of benzene rings is 1. The molecule has 164 valence electrons. The summed E-state index contributed by atoms with van der Waals surface area (Å²) < 4.78 is 28.9. The van der Waals surface area contributed by atoms with Crippen LogP contribution in [0.1, 0.15) is 20.3 Å². The van der Waals surface area contributed by atoms with Crippen LogP contribution < -0.4 is 5.56 Å². The average Bonchev–Trinajstić information content (AvgIpc) is 3.27. The molecule has 0 spiro atoms. The lowest BCUT2D eigenvalue weighted by Gasteiger charge is -2.25. The minimum absolute atomic E-state index is 0.00158. The fourth-order valence-electron chi connectivity index (χ4n) is 2.92. The third-order valence-corrected chi connectivity index (χ3v) is 7.06. The van der Waals surface area contributed by atoms with Gasteiger partial charge < -0.3 is 4.74 Å². The van der Waals surface area contributed by atoms with Crippen molar-refractivity contribution in [3.05, 3.63) is 59.4 Å². The van der Waals surface area contributed by atoms with E-state index >= 15 is 0 Å². The fraction of sp³-hybridized carbons (Fsp3) is 0.350. The molecule has 1 unspecified atom stereocenters. The number of aryl methyl sites for hydroxylation is 1. The van der Waals surface area contributed by atoms with Crippen LogP contribution in [0.2, 0.25) is 0 Å². The number of hydrogen-bond acceptors (Lipinski definition) is 8. The Morgan fingerprint density at radius 2 is 1.81 bits per heavy atom. The molecule has 1 atom stereocenters. The van der Waals surface area contributed by atoms with Gasteiger partial charge in [0.2, 0.25) is 0 Å². The topological polar surface area (TPSA) is 126 Å². The summed E-state index contributed by atoms with van der Waals surface area (Å²) in [5, 5.41) is 8.11. The van der Waals surface area contributed by atoms with Crippen LogP contribution in [0.15, 0.2) is 53.8 Å². The van der Waals surface area contributed by atoms with E-state index in [1.54, 1.807) is 43.6 Å². The normalized spacial score (nSPS) is 13.5. The number of sulfone groups is 1. The van der Waals surface area contributed by atoms with Crippen molar-refractivity contribution in [2.24, 2.45) is 0 Å². The van der Waals surface area contributed by atoms with E-state index in [1.807, 2.05) is 0 Å². The van der Waals surface area contributed by atoms with E-state index in [0.29, 0.717) is 5.69 Å². The number of esters is 1. The van der Waals surface area contributed by atoms with Gasteiger partial charge >= 0.3 is 5.97 Å². The second-order valence-corrected chi connectivity index (χ2v) is 9.59. The largest absolute Gasteiger partial charge is 0.465 e. The zero-order valence-electron chi connectivity index (χ0n) is 17.4. The monoisotopic (exact) mass is 445 g/mol. The van der Waals surface area contributed by atoms with Gasteiger partial charge in [0.25, 0.3) is 5.56 Å². The Morgan fingerprint density at radius 3 is 2.35 bits per heavy atom. The molecule has 11 heteroatoms. The molecule has 0 bridgehead atoms. The van der Waals surface area contributed by atoms with Crippen molar-refractivity contribution >= 4 is 15.8 Å². The van der Waals surface area contributed by atoms with Gasteiger partial charge in [0.05, 0.1) is 36.7 Å². The second kappa shape index (κ2) is 8.80. The maximum atomic E-state index is 12.6. The number of ether oxygens (including phenoxy) is 1. The number of carbonyl (C=O) groups is 1. The molecule has 0 amide bonds. The van der Waals surface area contributed by atoms with Crippen molar-refractivity contribution in [1.29, 1.82) is 0 Å². The smallest absolute Gasteiger partial charge is 0.327 e. The molecule has 0 saturated carbocycles. The SMILES string of the molecule is CCOC(=O)C(C)(CCn1cnc(-c2ccc(-n3nccn3)cc2)cc1=O)S(C)(=O)=O. The number of hydrogen-bond donors (Lipinski definition) is 0. The van der Waals surface area contributed by atoms with Gasteiger partial charge in [-0.3, -0.25) is 14.2 Å². The van der Waals surface area contributed by atoms with E-state index in [-0.39, 0.29) is 25.1 Å². The minimum Gasteiger partial charge on any atom is -0.465 e. The van der Waals surface area contributed by atoms with E-state index in [2.05, 4.69) is 15.2 Å². The molecule has 2 aromatic heterocycles. The maximum absolute atomic E-state index is 12.6. The van der Waals surface area contributed by atoms with Crippen LogP contribution in [0.25, 0.3) is 16.9 Å². The Morgan fingerprint density at radius 1 is 1.16 bits per heavy atom. The predicted molar refractivity (Wildman–Crippen MR) is 113 cm³/mol. The van der Waals surface area contributed by atoms with Gasteiger partial charge in [0, 0.05) is 24.4 Å². The van der Waals surface area contributed by atoms with Crippen molar-refractivity contribution < 1.29 is 17.9 Å². The van der Waals surface area contributed by atoms with E-state index in [9.17, 15) is 18.0 Å². The highest BCUT2D eigenvalue weighted by molar-refractivity contribution is 7.92. The molecule has 0 N–H and O–H groups in total. The summed E-state index contributed by atoms with van der Waals surface area (Å²) in [6, 6.07) is 8.57. The summed E-state index contributed by atoms with van der Waals surface area (Å²) in [4.78, 5) is 30.6. The number of carbonyl (C=O) groups excluding carboxylic acids is 1. The van der Waals surface area contributed by atoms with Crippen LogP contribution in [0, 0.1) is 0 Å².